The van der Waals surface area contributed by atoms with Crippen molar-refractivity contribution < 1.29 is 14.0 Å². The Morgan fingerprint density at radius 2 is 1.74 bits per heavy atom. The molecule has 3 aromatic rings. The minimum absolute atomic E-state index is 0.00328. The number of amides is 2. The quantitative estimate of drug-likeness (QED) is 0.550. The van der Waals surface area contributed by atoms with Crippen molar-refractivity contribution in [2.24, 2.45) is 0 Å². The molecule has 5 rings (SSSR count). The second-order valence-electron chi connectivity index (χ2n) is 9.86. The highest BCUT2D eigenvalue weighted by atomic mass is 19.1. The van der Waals surface area contributed by atoms with Gasteiger partial charge in [-0.25, -0.2) is 14.4 Å². The smallest absolute Gasteiger partial charge is 0.219 e. The molecule has 2 fully saturated rings. The molecule has 0 radical (unpaired) electrons. The van der Waals surface area contributed by atoms with Gasteiger partial charge in [-0.05, 0) is 37.1 Å². The Morgan fingerprint density at radius 3 is 2.47 bits per heavy atom. The molecule has 2 aromatic heterocycles. The van der Waals surface area contributed by atoms with Crippen LogP contribution in [0.5, 0.6) is 0 Å². The van der Waals surface area contributed by atoms with Gasteiger partial charge >= 0.3 is 0 Å². The van der Waals surface area contributed by atoms with E-state index in [1.165, 1.54) is 12.1 Å². The number of hydrogen-bond donors (Lipinski definition) is 1. The number of aromatic nitrogens is 3. The maximum Gasteiger partial charge on any atom is 0.219 e. The highest BCUT2D eigenvalue weighted by molar-refractivity contribution is 5.74. The Labute approximate surface area is 221 Å². The summed E-state index contributed by atoms with van der Waals surface area (Å²) in [4.78, 5) is 43.9. The number of rotatable bonds is 5. The van der Waals surface area contributed by atoms with Gasteiger partial charge < -0.3 is 20.0 Å². The van der Waals surface area contributed by atoms with Crippen LogP contribution in [0.25, 0.3) is 11.3 Å². The van der Waals surface area contributed by atoms with Crippen LogP contribution >= 0.6 is 0 Å². The first-order chi connectivity index (χ1) is 18.4. The van der Waals surface area contributed by atoms with Gasteiger partial charge in [0.25, 0.3) is 0 Å². The first kappa shape index (κ1) is 25.6. The Kier molecular flexibility index (Phi) is 7.48. The summed E-state index contributed by atoms with van der Waals surface area (Å²) in [6.07, 6.45) is 5.36. The Morgan fingerprint density at radius 1 is 0.947 bits per heavy atom. The van der Waals surface area contributed by atoms with Crippen LogP contribution in [-0.2, 0) is 9.59 Å². The van der Waals surface area contributed by atoms with E-state index in [1.54, 1.807) is 32.2 Å². The van der Waals surface area contributed by atoms with Crippen LogP contribution in [0.3, 0.4) is 0 Å². The van der Waals surface area contributed by atoms with Crippen LogP contribution in [0.2, 0.25) is 0 Å². The fourth-order valence-corrected chi connectivity index (χ4v) is 5.07. The molecule has 0 aliphatic carbocycles. The van der Waals surface area contributed by atoms with Gasteiger partial charge in [0, 0.05) is 82.5 Å². The molecule has 9 nitrogen and oxygen atoms in total. The van der Waals surface area contributed by atoms with Crippen molar-refractivity contribution in [3.05, 3.63) is 60.4 Å². The number of nitrogens with zero attached hydrogens (tertiary/aromatic N) is 6. The highest BCUT2D eigenvalue weighted by Gasteiger charge is 2.26. The van der Waals surface area contributed by atoms with E-state index >= 15 is 0 Å². The van der Waals surface area contributed by atoms with E-state index in [0.717, 1.165) is 43.7 Å². The summed E-state index contributed by atoms with van der Waals surface area (Å²) in [5, 5.41) is 3.22. The minimum Gasteiger partial charge on any atom is -0.367 e. The molecule has 0 spiro atoms. The number of nitrogens with one attached hydrogen (secondary N) is 1. The number of piperidine rings is 1. The molecule has 1 atom stereocenters. The molecule has 4 heterocycles. The summed E-state index contributed by atoms with van der Waals surface area (Å²) >= 11 is 0. The summed E-state index contributed by atoms with van der Waals surface area (Å²) in [7, 11) is 0. The van der Waals surface area contributed by atoms with Gasteiger partial charge in [0.1, 0.15) is 17.5 Å². The minimum atomic E-state index is -0.337. The van der Waals surface area contributed by atoms with E-state index in [2.05, 4.69) is 21.3 Å². The van der Waals surface area contributed by atoms with Crippen molar-refractivity contribution in [3.8, 4) is 11.3 Å². The summed E-state index contributed by atoms with van der Waals surface area (Å²) < 4.78 is 13.8. The average Bonchev–Trinajstić information content (AvgIpc) is 2.93. The van der Waals surface area contributed by atoms with E-state index in [4.69, 9.17) is 9.97 Å². The molecule has 2 aliphatic rings. The van der Waals surface area contributed by atoms with Crippen molar-refractivity contribution in [2.75, 3.05) is 49.5 Å². The number of pyridine rings is 1. The van der Waals surface area contributed by atoms with Gasteiger partial charge in [-0.3, -0.25) is 14.6 Å². The average molecular weight is 518 g/mol. The highest BCUT2D eigenvalue weighted by Crippen LogP contribution is 2.30. The maximum absolute atomic E-state index is 13.8. The molecule has 38 heavy (non-hydrogen) atoms. The van der Waals surface area contributed by atoms with Gasteiger partial charge in [-0.2, -0.15) is 0 Å². The van der Waals surface area contributed by atoms with Crippen LogP contribution in [0.4, 0.5) is 21.6 Å². The van der Waals surface area contributed by atoms with Crippen LogP contribution in [0.15, 0.2) is 48.8 Å². The third-order valence-corrected chi connectivity index (χ3v) is 7.18. The molecule has 1 N–H and O–H groups in total. The van der Waals surface area contributed by atoms with Crippen molar-refractivity contribution >= 4 is 29.0 Å². The van der Waals surface area contributed by atoms with Crippen LogP contribution in [-0.4, -0.2) is 75.8 Å². The van der Waals surface area contributed by atoms with Crippen LogP contribution in [0.1, 0.15) is 38.4 Å². The van der Waals surface area contributed by atoms with Crippen LogP contribution in [0, 0.1) is 5.82 Å². The second-order valence-corrected chi connectivity index (χ2v) is 9.86. The molecule has 2 aliphatic heterocycles. The number of piperazine rings is 1. The lowest BCUT2D eigenvalue weighted by Gasteiger charge is -2.35. The predicted octanol–water partition coefficient (Wildman–Crippen LogP) is 3.82. The van der Waals surface area contributed by atoms with Crippen molar-refractivity contribution in [1.29, 1.82) is 0 Å². The molecular weight excluding hydrogens is 485 g/mol. The third kappa shape index (κ3) is 5.90. The fraction of sp³-hybridized carbons (Fsp3) is 0.393. The number of benzene rings is 1. The number of likely N-dealkylation sites (tertiary alicyclic amines) is 1. The number of carbonyl (C=O) groups is 2. The first-order valence-electron chi connectivity index (χ1n) is 13.0. The third-order valence-electron chi connectivity index (χ3n) is 7.18. The summed E-state index contributed by atoms with van der Waals surface area (Å²) in [5.74, 6) is 0.996. The lowest BCUT2D eigenvalue weighted by Crippen LogP contribution is -2.48. The Bertz CT molecular complexity index is 1330. The topological polar surface area (TPSA) is 94.6 Å². The van der Waals surface area contributed by atoms with E-state index < -0.39 is 0 Å². The predicted molar refractivity (Wildman–Crippen MR) is 144 cm³/mol. The molecule has 198 valence electrons. The molecule has 1 unspecified atom stereocenters. The van der Waals surface area contributed by atoms with E-state index in [9.17, 15) is 14.0 Å². The monoisotopic (exact) mass is 517 g/mol. The molecule has 0 bridgehead atoms. The lowest BCUT2D eigenvalue weighted by molar-refractivity contribution is -0.130. The number of anilines is 3. The van der Waals surface area contributed by atoms with E-state index in [-0.39, 0.29) is 23.5 Å². The van der Waals surface area contributed by atoms with Crippen molar-refractivity contribution in [1.82, 2.24) is 24.8 Å². The van der Waals surface area contributed by atoms with E-state index in [1.807, 2.05) is 22.1 Å². The number of halogens is 1. The van der Waals surface area contributed by atoms with Crippen molar-refractivity contribution in [2.45, 2.75) is 32.6 Å². The molecular formula is C28H32FN7O2. The zero-order chi connectivity index (χ0) is 26.6. The van der Waals surface area contributed by atoms with Gasteiger partial charge in [0.05, 0.1) is 17.6 Å². The molecule has 0 saturated carbocycles. The van der Waals surface area contributed by atoms with Crippen LogP contribution < -0.4 is 10.2 Å². The zero-order valence-electron chi connectivity index (χ0n) is 21.7. The van der Waals surface area contributed by atoms with Gasteiger partial charge in [-0.1, -0.05) is 6.07 Å². The number of hydrogen-bond acceptors (Lipinski definition) is 7. The second kappa shape index (κ2) is 11.1. The Hall–Kier alpha value is -4.08. The fourth-order valence-electron chi connectivity index (χ4n) is 5.07. The standard InChI is InChI=1S/C28H32FN7O2/c1-19(37)34-9-11-35(12-10-34)25-13-22(16-30-17-25)26-15-27(31-24-7-3-6-23(29)14-24)33-28(32-26)21-5-4-8-36(18-21)20(2)38/h3,6-7,13-17,21H,4-5,8-12,18H2,1-2H3,(H,31,32,33). The molecule has 1 aromatic carbocycles. The Balaban J connectivity index is 1.47. The van der Waals surface area contributed by atoms with Gasteiger partial charge in [0.15, 0.2) is 0 Å². The van der Waals surface area contributed by atoms with Gasteiger partial charge in [0.2, 0.25) is 11.8 Å². The first-order valence-corrected chi connectivity index (χ1v) is 13.0. The zero-order valence-corrected chi connectivity index (χ0v) is 21.7. The molecule has 10 heteroatoms. The normalized spacial score (nSPS) is 17.9. The molecule has 2 amide bonds. The maximum atomic E-state index is 13.8. The summed E-state index contributed by atoms with van der Waals surface area (Å²) in [5.41, 5.74) is 3.09. The van der Waals surface area contributed by atoms with Gasteiger partial charge in [-0.15, -0.1) is 0 Å². The molecule has 2 saturated heterocycles. The summed E-state index contributed by atoms with van der Waals surface area (Å²) in [6, 6.07) is 10.1. The SMILES string of the molecule is CC(=O)N1CCN(c2cncc(-c3cc(Nc4cccc(F)c4)nc(C4CCCN(C(C)=O)C4)n3)c2)CC1. The summed E-state index contributed by atoms with van der Waals surface area (Å²) in [6.45, 7) is 7.30. The van der Waals surface area contributed by atoms with E-state index in [0.29, 0.717) is 42.7 Å². The largest absolute Gasteiger partial charge is 0.367 e. The number of carbonyl (C=O) groups excluding carboxylic acids is 2. The lowest BCUT2D eigenvalue weighted by atomic mass is 9.97. The van der Waals surface area contributed by atoms with Crippen molar-refractivity contribution in [3.63, 3.8) is 0 Å².